The second-order valence-electron chi connectivity index (χ2n) is 8.84. The molecule has 0 aromatic rings. The molecular weight excluding hydrogens is 246 g/mol. The molecule has 3 N–H and O–H groups in total. The molecule has 2 rings (SSSR count). The Morgan fingerprint density at radius 2 is 1.50 bits per heavy atom. The van der Waals surface area contributed by atoms with Gasteiger partial charge in [-0.2, -0.15) is 0 Å². The molecule has 0 atom stereocenters. The smallest absolute Gasteiger partial charge is 0.0716 e. The molecule has 118 valence electrons. The molecule has 0 aromatic heterocycles. The predicted molar refractivity (Wildman–Crippen MR) is 85.5 cm³/mol. The molecule has 0 saturated heterocycles. The predicted octanol–water partition coefficient (Wildman–Crippen LogP) is 4.11. The molecule has 0 aromatic carbocycles. The first-order valence-corrected chi connectivity index (χ1v) is 8.65. The molecule has 0 unspecified atom stereocenters. The van der Waals surface area contributed by atoms with Crippen LogP contribution in [-0.2, 0) is 0 Å². The highest BCUT2D eigenvalue weighted by Crippen LogP contribution is 2.53. The first kappa shape index (κ1) is 16.3. The minimum absolute atomic E-state index is 0.00235. The van der Waals surface area contributed by atoms with Crippen molar-refractivity contribution < 1.29 is 5.11 Å². The highest BCUT2D eigenvalue weighted by molar-refractivity contribution is 5.04. The third-order valence-corrected chi connectivity index (χ3v) is 6.65. The Hall–Kier alpha value is -0.0800. The van der Waals surface area contributed by atoms with Crippen LogP contribution in [0.15, 0.2) is 0 Å². The highest BCUT2D eigenvalue weighted by Gasteiger charge is 2.52. The van der Waals surface area contributed by atoms with E-state index in [0.717, 1.165) is 50.4 Å². The highest BCUT2D eigenvalue weighted by atomic mass is 16.3. The SMILES string of the molecule is CC1CCC(CN)(C2(O)CCC(C(C)(C)C)CC2)CC1. The maximum Gasteiger partial charge on any atom is 0.0716 e. The topological polar surface area (TPSA) is 46.2 Å². The average molecular weight is 281 g/mol. The van der Waals surface area contributed by atoms with Crippen LogP contribution in [0.25, 0.3) is 0 Å². The number of hydrogen-bond donors (Lipinski definition) is 2. The average Bonchev–Trinajstić information content (AvgIpc) is 2.39. The van der Waals surface area contributed by atoms with Gasteiger partial charge in [0.1, 0.15) is 0 Å². The summed E-state index contributed by atoms with van der Waals surface area (Å²) < 4.78 is 0. The molecule has 2 fully saturated rings. The van der Waals surface area contributed by atoms with Gasteiger partial charge in [-0.3, -0.25) is 0 Å². The van der Waals surface area contributed by atoms with Crippen LogP contribution in [0.2, 0.25) is 0 Å². The molecule has 0 amide bonds. The molecule has 0 aliphatic heterocycles. The lowest BCUT2D eigenvalue weighted by Gasteiger charge is -2.54. The summed E-state index contributed by atoms with van der Waals surface area (Å²) in [5, 5.41) is 11.3. The van der Waals surface area contributed by atoms with Crippen LogP contribution >= 0.6 is 0 Å². The van der Waals surface area contributed by atoms with Gasteiger partial charge in [0.05, 0.1) is 5.60 Å². The second-order valence-corrected chi connectivity index (χ2v) is 8.84. The van der Waals surface area contributed by atoms with Crippen molar-refractivity contribution in [2.45, 2.75) is 84.7 Å². The van der Waals surface area contributed by atoms with Gasteiger partial charge in [0.15, 0.2) is 0 Å². The van der Waals surface area contributed by atoms with Gasteiger partial charge in [-0.25, -0.2) is 0 Å². The van der Waals surface area contributed by atoms with E-state index in [1.807, 2.05) is 0 Å². The first-order chi connectivity index (χ1) is 9.22. The van der Waals surface area contributed by atoms with Gasteiger partial charge in [-0.15, -0.1) is 0 Å². The van der Waals surface area contributed by atoms with E-state index in [2.05, 4.69) is 27.7 Å². The van der Waals surface area contributed by atoms with Crippen LogP contribution in [0.1, 0.15) is 79.1 Å². The molecule has 2 heteroatoms. The van der Waals surface area contributed by atoms with Crippen LogP contribution in [0.3, 0.4) is 0 Å². The number of aliphatic hydroxyl groups is 1. The van der Waals surface area contributed by atoms with Crippen molar-refractivity contribution in [1.29, 1.82) is 0 Å². The van der Waals surface area contributed by atoms with Gasteiger partial charge >= 0.3 is 0 Å². The third kappa shape index (κ3) is 2.92. The van der Waals surface area contributed by atoms with E-state index >= 15 is 0 Å². The van der Waals surface area contributed by atoms with Crippen LogP contribution < -0.4 is 5.73 Å². The summed E-state index contributed by atoms with van der Waals surface area (Å²) in [4.78, 5) is 0. The normalized spacial score (nSPS) is 43.5. The van der Waals surface area contributed by atoms with E-state index in [0.29, 0.717) is 12.0 Å². The van der Waals surface area contributed by atoms with E-state index in [-0.39, 0.29) is 5.41 Å². The minimum atomic E-state index is -0.496. The summed E-state index contributed by atoms with van der Waals surface area (Å²) in [6, 6.07) is 0. The number of rotatable bonds is 2. The largest absolute Gasteiger partial charge is 0.389 e. The van der Waals surface area contributed by atoms with E-state index in [4.69, 9.17) is 5.73 Å². The van der Waals surface area contributed by atoms with Gasteiger partial charge in [-0.05, 0) is 55.8 Å². The fourth-order valence-electron chi connectivity index (χ4n) is 4.67. The summed E-state index contributed by atoms with van der Waals surface area (Å²) in [6.07, 6.45) is 8.97. The molecule has 2 nitrogen and oxygen atoms in total. The van der Waals surface area contributed by atoms with Crippen molar-refractivity contribution >= 4 is 0 Å². The maximum atomic E-state index is 11.3. The van der Waals surface area contributed by atoms with Crippen molar-refractivity contribution in [2.24, 2.45) is 28.4 Å². The zero-order chi connectivity index (χ0) is 15.0. The Bertz CT molecular complexity index is 315. The van der Waals surface area contributed by atoms with Gasteiger partial charge in [0, 0.05) is 12.0 Å². The maximum absolute atomic E-state index is 11.3. The molecule has 20 heavy (non-hydrogen) atoms. The zero-order valence-electron chi connectivity index (χ0n) is 14.0. The minimum Gasteiger partial charge on any atom is -0.389 e. The van der Waals surface area contributed by atoms with Gasteiger partial charge in [0.2, 0.25) is 0 Å². The lowest BCUT2D eigenvalue weighted by Crippen LogP contribution is -2.56. The molecular formula is C18H35NO. The van der Waals surface area contributed by atoms with Crippen molar-refractivity contribution in [1.82, 2.24) is 0 Å². The van der Waals surface area contributed by atoms with Crippen molar-refractivity contribution in [3.05, 3.63) is 0 Å². The summed E-state index contributed by atoms with van der Waals surface area (Å²) in [7, 11) is 0. The Kier molecular flexibility index (Phi) is 4.57. The second kappa shape index (κ2) is 5.61. The number of hydrogen-bond acceptors (Lipinski definition) is 2. The molecule has 2 saturated carbocycles. The molecule has 0 radical (unpaired) electrons. The molecule has 2 aliphatic carbocycles. The van der Waals surface area contributed by atoms with Crippen molar-refractivity contribution in [3.8, 4) is 0 Å². The zero-order valence-corrected chi connectivity index (χ0v) is 14.0. The lowest BCUT2D eigenvalue weighted by molar-refractivity contribution is -0.137. The van der Waals surface area contributed by atoms with E-state index in [1.165, 1.54) is 12.8 Å². The van der Waals surface area contributed by atoms with Crippen LogP contribution in [-0.4, -0.2) is 17.3 Å². The van der Waals surface area contributed by atoms with Crippen molar-refractivity contribution in [3.63, 3.8) is 0 Å². The summed E-state index contributed by atoms with van der Waals surface area (Å²) in [5.41, 5.74) is 6.04. The standard InChI is InChI=1S/C18H35NO/c1-14-5-9-17(13-19,10-6-14)18(20)11-7-15(8-12-18)16(2,3)4/h14-15,20H,5-13,19H2,1-4H3. The molecule has 2 aliphatic rings. The van der Waals surface area contributed by atoms with Crippen LogP contribution in [0, 0.1) is 22.7 Å². The molecule has 0 bridgehead atoms. The Morgan fingerprint density at radius 1 is 1.00 bits per heavy atom. The quantitative estimate of drug-likeness (QED) is 0.800. The van der Waals surface area contributed by atoms with Crippen LogP contribution in [0.5, 0.6) is 0 Å². The number of nitrogens with two attached hydrogens (primary N) is 1. The molecule has 0 spiro atoms. The van der Waals surface area contributed by atoms with E-state index in [9.17, 15) is 5.11 Å². The Morgan fingerprint density at radius 3 is 1.90 bits per heavy atom. The fraction of sp³-hybridized carbons (Fsp3) is 1.00. The monoisotopic (exact) mass is 281 g/mol. The third-order valence-electron chi connectivity index (χ3n) is 6.65. The fourth-order valence-corrected chi connectivity index (χ4v) is 4.67. The van der Waals surface area contributed by atoms with Gasteiger partial charge < -0.3 is 10.8 Å². The van der Waals surface area contributed by atoms with E-state index < -0.39 is 5.60 Å². The van der Waals surface area contributed by atoms with Gasteiger partial charge in [-0.1, -0.05) is 40.5 Å². The Labute approximate surface area is 125 Å². The summed E-state index contributed by atoms with van der Waals surface area (Å²) >= 11 is 0. The molecule has 0 heterocycles. The summed E-state index contributed by atoms with van der Waals surface area (Å²) in [6.45, 7) is 10.0. The van der Waals surface area contributed by atoms with Crippen LogP contribution in [0.4, 0.5) is 0 Å². The van der Waals surface area contributed by atoms with Crippen molar-refractivity contribution in [2.75, 3.05) is 6.54 Å². The lowest BCUT2D eigenvalue weighted by atomic mass is 9.55. The summed E-state index contributed by atoms with van der Waals surface area (Å²) in [5.74, 6) is 1.56. The Balaban J connectivity index is 2.07. The van der Waals surface area contributed by atoms with Gasteiger partial charge in [0.25, 0.3) is 0 Å². The first-order valence-electron chi connectivity index (χ1n) is 8.65. The van der Waals surface area contributed by atoms with E-state index in [1.54, 1.807) is 0 Å².